The van der Waals surface area contributed by atoms with Crippen LogP contribution < -0.4 is 0 Å². The second-order valence-corrected chi connectivity index (χ2v) is 15.4. The molecule has 0 amide bonds. The molecule has 0 aliphatic carbocycles. The molecule has 1 aliphatic heterocycles. The minimum Gasteiger partial charge on any atom is -0.462 e. The number of carbonyl (C=O) groups excluding carboxylic acids is 2. The van der Waals surface area contributed by atoms with Crippen LogP contribution in [0.2, 0.25) is 0 Å². The summed E-state index contributed by atoms with van der Waals surface area (Å²) in [6, 6.07) is 0. The first kappa shape index (κ1) is 48.1. The first-order chi connectivity index (χ1) is 25.0. The lowest BCUT2D eigenvalue weighted by molar-refractivity contribution is -0.297. The van der Waals surface area contributed by atoms with Crippen LogP contribution in [-0.4, -0.2) is 96.0 Å². The van der Waals surface area contributed by atoms with Gasteiger partial charge in [-0.1, -0.05) is 109 Å². The molecule has 6 unspecified atom stereocenters. The highest BCUT2D eigenvalue weighted by atomic mass is 32.2. The van der Waals surface area contributed by atoms with Gasteiger partial charge in [0.05, 0.1) is 6.61 Å². The van der Waals surface area contributed by atoms with Gasteiger partial charge in [0.15, 0.2) is 12.4 Å². The molecule has 0 aromatic rings. The fraction of sp³-hybridized carbons (Fsp3) is 0.846. The fourth-order valence-corrected chi connectivity index (χ4v) is 6.54. The molecule has 12 nitrogen and oxygen atoms in total. The molecule has 13 heteroatoms. The molecule has 4 N–H and O–H groups in total. The average molecular weight is 763 g/mol. The zero-order valence-electron chi connectivity index (χ0n) is 31.9. The van der Waals surface area contributed by atoms with Crippen LogP contribution in [-0.2, 0) is 38.7 Å². The van der Waals surface area contributed by atoms with E-state index < -0.39 is 71.2 Å². The van der Waals surface area contributed by atoms with Gasteiger partial charge >= 0.3 is 11.9 Å². The first-order valence-corrected chi connectivity index (χ1v) is 21.5. The second kappa shape index (κ2) is 30.5. The predicted octanol–water partition coefficient (Wildman–Crippen LogP) is 6.89. The maximum atomic E-state index is 12.7. The van der Waals surface area contributed by atoms with E-state index in [2.05, 4.69) is 38.2 Å². The molecule has 52 heavy (non-hydrogen) atoms. The van der Waals surface area contributed by atoms with E-state index in [1.807, 2.05) is 0 Å². The molecule has 304 valence electrons. The summed E-state index contributed by atoms with van der Waals surface area (Å²) in [5.41, 5.74) is 0. The zero-order valence-corrected chi connectivity index (χ0v) is 32.7. The summed E-state index contributed by atoms with van der Waals surface area (Å²) >= 11 is 0. The number of rotatable bonds is 32. The normalized spacial score (nSPS) is 21.5. The average Bonchev–Trinajstić information content (AvgIpc) is 3.10. The van der Waals surface area contributed by atoms with Crippen molar-refractivity contribution >= 4 is 22.1 Å². The van der Waals surface area contributed by atoms with Gasteiger partial charge in [-0.25, -0.2) is 0 Å². The van der Waals surface area contributed by atoms with Crippen molar-refractivity contribution in [2.24, 2.45) is 0 Å². The zero-order chi connectivity index (χ0) is 38.5. The molecular weight excluding hydrogens is 692 g/mol. The summed E-state index contributed by atoms with van der Waals surface area (Å²) in [6.45, 7) is 3.64. The van der Waals surface area contributed by atoms with Gasteiger partial charge in [0, 0.05) is 12.8 Å². The molecule has 1 aliphatic rings. The summed E-state index contributed by atoms with van der Waals surface area (Å²) in [6.07, 6.45) is 21.0. The summed E-state index contributed by atoms with van der Waals surface area (Å²) in [7, 11) is -4.60. The number of aliphatic hydroxyl groups is 3. The molecule has 1 rings (SSSR count). The van der Waals surface area contributed by atoms with Crippen LogP contribution in [0.1, 0.15) is 155 Å². The highest BCUT2D eigenvalue weighted by Gasteiger charge is 2.46. The molecule has 6 atom stereocenters. The van der Waals surface area contributed by atoms with Gasteiger partial charge in [-0.05, 0) is 57.8 Å². The van der Waals surface area contributed by atoms with Gasteiger partial charge in [0.25, 0.3) is 10.1 Å². The van der Waals surface area contributed by atoms with Gasteiger partial charge in [-0.3, -0.25) is 14.1 Å². The standard InChI is InChI=1S/C39H70O12S/c1-3-5-7-9-11-13-15-16-17-18-20-22-24-26-28-35(41)50-32(29-48-34(40)27-25-23-21-19-14-12-10-8-6-4-2)30-49-39-38(44)37(43)36(42)33(51-39)31-52(45,46)47/h8,10,15-16,32-33,36-39,42-44H,3-7,9,11-14,17-31H2,1-2H3,(H,45,46,47)/b10-8-,16-15-. The largest absolute Gasteiger partial charge is 0.462 e. The molecular formula is C39H70O12S. The Morgan fingerprint density at radius 1 is 0.635 bits per heavy atom. The van der Waals surface area contributed by atoms with E-state index in [1.54, 1.807) is 0 Å². The lowest BCUT2D eigenvalue weighted by Crippen LogP contribution is -2.60. The smallest absolute Gasteiger partial charge is 0.306 e. The van der Waals surface area contributed by atoms with Gasteiger partial charge < -0.3 is 34.3 Å². The topological polar surface area (TPSA) is 186 Å². The maximum Gasteiger partial charge on any atom is 0.306 e. The molecule has 0 radical (unpaired) electrons. The SMILES string of the molecule is CCC/C=C\CCCCCCCC(=O)OCC(COC1OC(CS(=O)(=O)O)C(O)C(O)C1O)OC(=O)CCCCCCC/C=C\CCCCCCC. The molecule has 0 aromatic heterocycles. The third-order valence-corrected chi connectivity index (χ3v) is 9.73. The number of ether oxygens (including phenoxy) is 4. The van der Waals surface area contributed by atoms with Crippen LogP contribution in [0.4, 0.5) is 0 Å². The van der Waals surface area contributed by atoms with E-state index >= 15 is 0 Å². The van der Waals surface area contributed by atoms with Gasteiger partial charge in [-0.15, -0.1) is 0 Å². The maximum absolute atomic E-state index is 12.7. The Bertz CT molecular complexity index is 1080. The molecule has 1 heterocycles. The molecule has 0 spiro atoms. The van der Waals surface area contributed by atoms with E-state index in [4.69, 9.17) is 18.9 Å². The van der Waals surface area contributed by atoms with Crippen molar-refractivity contribution in [1.29, 1.82) is 0 Å². The van der Waals surface area contributed by atoms with Crippen molar-refractivity contribution in [3.63, 3.8) is 0 Å². The Morgan fingerprint density at radius 2 is 1.13 bits per heavy atom. The molecule has 0 saturated carbocycles. The van der Waals surface area contributed by atoms with E-state index in [1.165, 1.54) is 32.1 Å². The van der Waals surface area contributed by atoms with Crippen LogP contribution in [0.15, 0.2) is 24.3 Å². The van der Waals surface area contributed by atoms with Crippen molar-refractivity contribution in [3.05, 3.63) is 24.3 Å². The van der Waals surface area contributed by atoms with Crippen LogP contribution in [0.3, 0.4) is 0 Å². The van der Waals surface area contributed by atoms with Gasteiger partial charge in [-0.2, -0.15) is 8.42 Å². The quantitative estimate of drug-likeness (QED) is 0.0241. The van der Waals surface area contributed by atoms with E-state index in [9.17, 15) is 37.9 Å². The molecule has 1 saturated heterocycles. The van der Waals surface area contributed by atoms with Crippen LogP contribution in [0.5, 0.6) is 0 Å². The third-order valence-electron chi connectivity index (χ3n) is 8.98. The Balaban J connectivity index is 2.52. The summed E-state index contributed by atoms with van der Waals surface area (Å²) in [5.74, 6) is -2.01. The number of hydrogen-bond acceptors (Lipinski definition) is 11. The van der Waals surface area contributed by atoms with E-state index in [0.717, 1.165) is 83.5 Å². The summed E-state index contributed by atoms with van der Waals surface area (Å²) in [4.78, 5) is 25.2. The third kappa shape index (κ3) is 25.2. The van der Waals surface area contributed by atoms with Crippen molar-refractivity contribution in [2.45, 2.75) is 192 Å². The number of hydrogen-bond donors (Lipinski definition) is 4. The fourth-order valence-electron chi connectivity index (χ4n) is 5.85. The van der Waals surface area contributed by atoms with E-state index in [0.29, 0.717) is 12.8 Å². The number of aliphatic hydroxyl groups excluding tert-OH is 3. The minimum absolute atomic E-state index is 0.153. The van der Waals surface area contributed by atoms with E-state index in [-0.39, 0.29) is 19.4 Å². The molecule has 0 bridgehead atoms. The predicted molar refractivity (Wildman–Crippen MR) is 201 cm³/mol. The van der Waals surface area contributed by atoms with Crippen molar-refractivity contribution in [1.82, 2.24) is 0 Å². The van der Waals surface area contributed by atoms with Crippen molar-refractivity contribution in [2.75, 3.05) is 19.0 Å². The number of allylic oxidation sites excluding steroid dienone is 4. The molecule has 1 fully saturated rings. The monoisotopic (exact) mass is 762 g/mol. The minimum atomic E-state index is -4.60. The van der Waals surface area contributed by atoms with Crippen molar-refractivity contribution in [3.8, 4) is 0 Å². The Morgan fingerprint density at radius 3 is 1.67 bits per heavy atom. The highest BCUT2D eigenvalue weighted by Crippen LogP contribution is 2.24. The molecule has 0 aromatic carbocycles. The van der Waals surface area contributed by atoms with Gasteiger partial charge in [0.1, 0.15) is 36.8 Å². The number of carbonyl (C=O) groups is 2. The van der Waals surface area contributed by atoms with Crippen molar-refractivity contribution < 1.29 is 56.8 Å². The first-order valence-electron chi connectivity index (χ1n) is 19.9. The van der Waals surface area contributed by atoms with Gasteiger partial charge in [0.2, 0.25) is 0 Å². The number of esters is 2. The van der Waals surface area contributed by atoms with Crippen LogP contribution >= 0.6 is 0 Å². The van der Waals surface area contributed by atoms with Crippen LogP contribution in [0, 0.1) is 0 Å². The summed E-state index contributed by atoms with van der Waals surface area (Å²) < 4.78 is 53.8. The second-order valence-electron chi connectivity index (χ2n) is 13.9. The Kier molecular flexibility index (Phi) is 28.2. The Labute approximate surface area is 313 Å². The lowest BCUT2D eigenvalue weighted by Gasteiger charge is -2.40. The Hall–Kier alpha value is -1.87. The lowest BCUT2D eigenvalue weighted by atomic mass is 10.00. The summed E-state index contributed by atoms with van der Waals surface area (Å²) in [5, 5.41) is 30.7. The number of unbranched alkanes of at least 4 members (excludes halogenated alkanes) is 16. The van der Waals surface area contributed by atoms with Crippen LogP contribution in [0.25, 0.3) is 0 Å². The highest BCUT2D eigenvalue weighted by molar-refractivity contribution is 7.85.